The molecule has 1 heterocycles. The Morgan fingerprint density at radius 1 is 1.42 bits per heavy atom. The number of aliphatic carboxylic acids is 1. The Morgan fingerprint density at radius 2 is 2.16 bits per heavy atom. The van der Waals surface area contributed by atoms with Crippen molar-refractivity contribution in [3.63, 3.8) is 0 Å². The quantitative estimate of drug-likeness (QED) is 0.866. The molecule has 0 aromatic heterocycles. The summed E-state index contributed by atoms with van der Waals surface area (Å²) in [5.41, 5.74) is 1.13. The van der Waals surface area contributed by atoms with E-state index in [0.717, 1.165) is 6.42 Å². The monoisotopic (exact) mass is 263 g/mol. The molecule has 19 heavy (non-hydrogen) atoms. The van der Waals surface area contributed by atoms with E-state index in [-0.39, 0.29) is 18.2 Å². The van der Waals surface area contributed by atoms with Crippen LogP contribution in [0, 0.1) is 5.92 Å². The van der Waals surface area contributed by atoms with Crippen LogP contribution in [0.3, 0.4) is 0 Å². The number of para-hydroxylation sites is 1. The average Bonchev–Trinajstić information content (AvgIpc) is 2.77. The molecule has 5 nitrogen and oxygen atoms in total. The summed E-state index contributed by atoms with van der Waals surface area (Å²) >= 11 is 0. The molecule has 2 rings (SSSR count). The van der Waals surface area contributed by atoms with E-state index in [9.17, 15) is 9.59 Å². The molecule has 0 spiro atoms. The smallest absolute Gasteiger partial charge is 0.307 e. The summed E-state index contributed by atoms with van der Waals surface area (Å²) in [5.74, 6) is -0.943. The molecule has 0 bridgehead atoms. The van der Waals surface area contributed by atoms with E-state index in [1.54, 1.807) is 24.3 Å². The van der Waals surface area contributed by atoms with Crippen LogP contribution in [-0.4, -0.2) is 29.7 Å². The molecule has 1 saturated heterocycles. The molecule has 2 N–H and O–H groups in total. The molecule has 102 valence electrons. The Labute approximate surface area is 111 Å². The lowest BCUT2D eigenvalue weighted by Gasteiger charge is -2.16. The van der Waals surface area contributed by atoms with Gasteiger partial charge in [-0.1, -0.05) is 25.1 Å². The maximum atomic E-state index is 12.1. The van der Waals surface area contributed by atoms with Gasteiger partial charge in [0.05, 0.1) is 6.42 Å². The molecule has 1 aliphatic rings. The first kappa shape index (κ1) is 13.5. The fourth-order valence-corrected chi connectivity index (χ4v) is 2.19. The predicted molar refractivity (Wildman–Crippen MR) is 69.9 cm³/mol. The Hall–Kier alpha value is -1.88. The summed E-state index contributed by atoms with van der Waals surface area (Å²) in [6, 6.07) is 6.92. The van der Waals surface area contributed by atoms with Crippen molar-refractivity contribution < 1.29 is 19.4 Å². The van der Waals surface area contributed by atoms with Gasteiger partial charge in [0.15, 0.2) is 0 Å². The largest absolute Gasteiger partial charge is 0.481 e. The van der Waals surface area contributed by atoms with Crippen molar-refractivity contribution in [2.24, 2.45) is 5.92 Å². The van der Waals surface area contributed by atoms with Crippen LogP contribution in [0.25, 0.3) is 0 Å². The molecule has 1 aromatic carbocycles. The lowest BCUT2D eigenvalue weighted by molar-refractivity contribution is -0.136. The summed E-state index contributed by atoms with van der Waals surface area (Å²) in [5, 5.41) is 11.6. The molecule has 1 fully saturated rings. The summed E-state index contributed by atoms with van der Waals surface area (Å²) in [6.07, 6.45) is 0.310. The van der Waals surface area contributed by atoms with Crippen LogP contribution in [0.2, 0.25) is 0 Å². The first-order valence-electron chi connectivity index (χ1n) is 6.30. The number of carbonyl (C=O) groups is 2. The molecule has 0 radical (unpaired) electrons. The number of anilines is 1. The lowest BCUT2D eigenvalue weighted by Crippen LogP contribution is -2.31. The number of carboxylic acid groups (broad SMARTS) is 1. The standard InChI is InChI=1S/C14H17NO4/c1-9-6-7-19-13(9)14(18)15-11-5-3-2-4-10(11)8-12(16)17/h2-5,9,13H,6-8H2,1H3,(H,15,18)(H,16,17). The first-order chi connectivity index (χ1) is 9.08. The molecule has 1 amide bonds. The van der Waals surface area contributed by atoms with Crippen LogP contribution in [0.1, 0.15) is 18.9 Å². The van der Waals surface area contributed by atoms with Gasteiger partial charge in [0.2, 0.25) is 0 Å². The van der Waals surface area contributed by atoms with Gasteiger partial charge < -0.3 is 15.2 Å². The van der Waals surface area contributed by atoms with Gasteiger partial charge in [-0.2, -0.15) is 0 Å². The van der Waals surface area contributed by atoms with E-state index >= 15 is 0 Å². The maximum absolute atomic E-state index is 12.1. The van der Waals surface area contributed by atoms with E-state index in [2.05, 4.69) is 5.32 Å². The molecule has 2 atom stereocenters. The number of ether oxygens (including phenoxy) is 1. The first-order valence-corrected chi connectivity index (χ1v) is 6.30. The second-order valence-electron chi connectivity index (χ2n) is 4.77. The van der Waals surface area contributed by atoms with Crippen molar-refractivity contribution in [1.29, 1.82) is 0 Å². The van der Waals surface area contributed by atoms with E-state index < -0.39 is 12.1 Å². The van der Waals surface area contributed by atoms with E-state index in [1.807, 2.05) is 6.92 Å². The third kappa shape index (κ3) is 3.32. The molecule has 1 aromatic rings. The number of carboxylic acids is 1. The van der Waals surface area contributed by atoms with Gasteiger partial charge in [0.1, 0.15) is 6.10 Å². The van der Waals surface area contributed by atoms with Crippen molar-refractivity contribution in [2.75, 3.05) is 11.9 Å². The van der Waals surface area contributed by atoms with Crippen molar-refractivity contribution in [2.45, 2.75) is 25.9 Å². The second kappa shape index (κ2) is 5.84. The highest BCUT2D eigenvalue weighted by Gasteiger charge is 2.31. The van der Waals surface area contributed by atoms with Crippen molar-refractivity contribution in [3.05, 3.63) is 29.8 Å². The molecule has 0 aliphatic carbocycles. The molecule has 5 heteroatoms. The van der Waals surface area contributed by atoms with Gasteiger partial charge in [-0.25, -0.2) is 0 Å². The normalized spacial score (nSPS) is 22.2. The molecule has 0 saturated carbocycles. The van der Waals surface area contributed by atoms with Crippen molar-refractivity contribution in [1.82, 2.24) is 0 Å². The minimum absolute atomic E-state index is 0.114. The summed E-state index contributed by atoms with van der Waals surface area (Å²) < 4.78 is 5.39. The minimum Gasteiger partial charge on any atom is -0.481 e. The van der Waals surface area contributed by atoms with Gasteiger partial charge in [-0.3, -0.25) is 9.59 Å². The molecular weight excluding hydrogens is 246 g/mol. The summed E-state index contributed by atoms with van der Waals surface area (Å²) in [4.78, 5) is 22.9. The predicted octanol–water partition coefficient (Wildman–Crippen LogP) is 1.68. The van der Waals surface area contributed by atoms with Crippen LogP contribution in [-0.2, 0) is 20.7 Å². The van der Waals surface area contributed by atoms with Crippen LogP contribution in [0.4, 0.5) is 5.69 Å². The zero-order chi connectivity index (χ0) is 13.8. The number of amides is 1. The van der Waals surface area contributed by atoms with E-state index in [0.29, 0.717) is 17.9 Å². The molecular formula is C14H17NO4. The zero-order valence-corrected chi connectivity index (χ0v) is 10.8. The summed E-state index contributed by atoms with van der Waals surface area (Å²) in [7, 11) is 0. The zero-order valence-electron chi connectivity index (χ0n) is 10.8. The minimum atomic E-state index is -0.924. The van der Waals surface area contributed by atoms with Gasteiger partial charge in [-0.15, -0.1) is 0 Å². The van der Waals surface area contributed by atoms with Gasteiger partial charge in [0.25, 0.3) is 5.91 Å². The SMILES string of the molecule is CC1CCOC1C(=O)Nc1ccccc1CC(=O)O. The van der Waals surface area contributed by atoms with Crippen LogP contribution < -0.4 is 5.32 Å². The van der Waals surface area contributed by atoms with Gasteiger partial charge in [0, 0.05) is 12.3 Å². The highest BCUT2D eigenvalue weighted by molar-refractivity contribution is 5.95. The summed E-state index contributed by atoms with van der Waals surface area (Å²) in [6.45, 7) is 2.57. The number of hydrogen-bond donors (Lipinski definition) is 2. The van der Waals surface area contributed by atoms with E-state index in [4.69, 9.17) is 9.84 Å². The van der Waals surface area contributed by atoms with Crippen LogP contribution >= 0.6 is 0 Å². The van der Waals surface area contributed by atoms with Crippen LogP contribution in [0.15, 0.2) is 24.3 Å². The second-order valence-corrected chi connectivity index (χ2v) is 4.77. The Morgan fingerprint density at radius 3 is 2.79 bits per heavy atom. The van der Waals surface area contributed by atoms with Gasteiger partial charge in [-0.05, 0) is 24.0 Å². The Bertz CT molecular complexity index is 486. The fraction of sp³-hybridized carbons (Fsp3) is 0.429. The molecule has 1 aliphatic heterocycles. The van der Waals surface area contributed by atoms with Gasteiger partial charge >= 0.3 is 5.97 Å². The fourth-order valence-electron chi connectivity index (χ4n) is 2.19. The average molecular weight is 263 g/mol. The molecule has 2 unspecified atom stereocenters. The number of hydrogen-bond acceptors (Lipinski definition) is 3. The van der Waals surface area contributed by atoms with Crippen LogP contribution in [0.5, 0.6) is 0 Å². The third-order valence-corrected chi connectivity index (χ3v) is 3.26. The number of benzene rings is 1. The van der Waals surface area contributed by atoms with Crippen molar-refractivity contribution in [3.8, 4) is 0 Å². The topological polar surface area (TPSA) is 75.6 Å². The number of rotatable bonds is 4. The van der Waals surface area contributed by atoms with E-state index in [1.165, 1.54) is 0 Å². The van der Waals surface area contributed by atoms with Crippen molar-refractivity contribution >= 4 is 17.6 Å². The number of carbonyl (C=O) groups excluding carboxylic acids is 1. The Balaban J connectivity index is 2.10. The highest BCUT2D eigenvalue weighted by atomic mass is 16.5. The third-order valence-electron chi connectivity index (χ3n) is 3.26. The maximum Gasteiger partial charge on any atom is 0.307 e. The highest BCUT2D eigenvalue weighted by Crippen LogP contribution is 2.23. The number of nitrogens with one attached hydrogen (secondary N) is 1. The Kier molecular flexibility index (Phi) is 4.16. The lowest BCUT2D eigenvalue weighted by atomic mass is 10.0.